The number of amides is 1. The highest BCUT2D eigenvalue weighted by atomic mass is 16.6. The average Bonchev–Trinajstić information content (AvgIpc) is 3.16. The summed E-state index contributed by atoms with van der Waals surface area (Å²) in [7, 11) is 0. The molecule has 1 aromatic rings. The zero-order valence-electron chi connectivity index (χ0n) is 12.4. The first-order valence-electron chi connectivity index (χ1n) is 7.28. The van der Waals surface area contributed by atoms with Crippen molar-refractivity contribution in [1.29, 1.82) is 0 Å². The van der Waals surface area contributed by atoms with Crippen LogP contribution in [0.1, 0.15) is 38.3 Å². The molecule has 1 fully saturated rings. The van der Waals surface area contributed by atoms with Gasteiger partial charge < -0.3 is 10.6 Å². The third kappa shape index (κ3) is 3.93. The predicted octanol–water partition coefficient (Wildman–Crippen LogP) is 1.59. The second-order valence-electron chi connectivity index (χ2n) is 5.23. The lowest BCUT2D eigenvalue weighted by Crippen LogP contribution is -2.25. The summed E-state index contributed by atoms with van der Waals surface area (Å²) in [6.07, 6.45) is 3.20. The lowest BCUT2D eigenvalue weighted by atomic mass is 10.3. The fraction of sp³-hybridized carbons (Fsp3) is 0.692. The molecule has 0 radical (unpaired) electrons. The highest BCUT2D eigenvalue weighted by Crippen LogP contribution is 2.28. The van der Waals surface area contributed by atoms with Gasteiger partial charge in [0.05, 0.1) is 4.92 Å². The van der Waals surface area contributed by atoms with Gasteiger partial charge in [-0.25, -0.2) is 4.68 Å². The number of aryl methyl sites for hydroxylation is 2. The summed E-state index contributed by atoms with van der Waals surface area (Å²) in [5.41, 5.74) is 0.412. The van der Waals surface area contributed by atoms with Gasteiger partial charge in [0.15, 0.2) is 0 Å². The molecule has 2 rings (SSSR count). The summed E-state index contributed by atoms with van der Waals surface area (Å²) in [6.45, 7) is 4.56. The topological polar surface area (TPSA) is 102 Å². The summed E-state index contributed by atoms with van der Waals surface area (Å²) in [5, 5.41) is 21.2. The quantitative estimate of drug-likeness (QED) is 0.431. The number of nitrogens with zero attached hydrogens (tertiary/aromatic N) is 3. The molecule has 1 amide bonds. The van der Waals surface area contributed by atoms with E-state index >= 15 is 0 Å². The lowest BCUT2D eigenvalue weighted by Gasteiger charge is -2.07. The van der Waals surface area contributed by atoms with Crippen LogP contribution in [0.3, 0.4) is 0 Å². The molecule has 2 N–H and O–H groups in total. The van der Waals surface area contributed by atoms with Crippen molar-refractivity contribution in [2.45, 2.75) is 52.1 Å². The van der Waals surface area contributed by atoms with Crippen LogP contribution in [0.15, 0.2) is 0 Å². The number of nitrogens with one attached hydrogen (secondary N) is 2. The predicted molar refractivity (Wildman–Crippen MR) is 78.2 cm³/mol. The molecule has 1 aromatic heterocycles. The Morgan fingerprint density at radius 1 is 1.52 bits per heavy atom. The van der Waals surface area contributed by atoms with Crippen LogP contribution in [0.5, 0.6) is 0 Å². The number of hydrogen-bond acceptors (Lipinski definition) is 5. The molecule has 1 saturated carbocycles. The molecule has 0 aromatic carbocycles. The molecule has 21 heavy (non-hydrogen) atoms. The van der Waals surface area contributed by atoms with Gasteiger partial charge in [-0.1, -0.05) is 0 Å². The number of anilines is 1. The third-order valence-corrected chi connectivity index (χ3v) is 3.39. The van der Waals surface area contributed by atoms with Crippen LogP contribution >= 0.6 is 0 Å². The zero-order valence-corrected chi connectivity index (χ0v) is 12.4. The largest absolute Gasteiger partial charge is 0.365 e. The molecular weight excluding hydrogens is 274 g/mol. The SMILES string of the molecule is CCn1nc(C)c([N+](=O)[O-])c1NCCCC(=O)NC1CC1. The van der Waals surface area contributed by atoms with Gasteiger partial charge in [0.2, 0.25) is 11.7 Å². The van der Waals surface area contributed by atoms with E-state index in [0.717, 1.165) is 12.8 Å². The van der Waals surface area contributed by atoms with Crippen LogP contribution in [0.4, 0.5) is 11.5 Å². The highest BCUT2D eigenvalue weighted by molar-refractivity contribution is 5.76. The number of rotatable bonds is 8. The fourth-order valence-electron chi connectivity index (χ4n) is 2.18. The van der Waals surface area contributed by atoms with Crippen molar-refractivity contribution in [3.05, 3.63) is 15.8 Å². The van der Waals surface area contributed by atoms with E-state index < -0.39 is 4.92 Å². The minimum absolute atomic E-state index is 0.0132. The maximum atomic E-state index is 11.5. The van der Waals surface area contributed by atoms with Gasteiger partial charge in [0, 0.05) is 25.6 Å². The van der Waals surface area contributed by atoms with Crippen molar-refractivity contribution in [3.8, 4) is 0 Å². The van der Waals surface area contributed by atoms with Gasteiger partial charge in [-0.15, -0.1) is 0 Å². The molecule has 1 heterocycles. The number of carbonyl (C=O) groups excluding carboxylic acids is 1. The van der Waals surface area contributed by atoms with Crippen molar-refractivity contribution in [3.63, 3.8) is 0 Å². The Kier molecular flexibility index (Phi) is 4.77. The zero-order chi connectivity index (χ0) is 15.4. The third-order valence-electron chi connectivity index (χ3n) is 3.39. The number of nitro groups is 1. The maximum Gasteiger partial charge on any atom is 0.333 e. The Labute approximate surface area is 123 Å². The molecule has 8 nitrogen and oxygen atoms in total. The highest BCUT2D eigenvalue weighted by Gasteiger charge is 2.25. The summed E-state index contributed by atoms with van der Waals surface area (Å²) in [6, 6.07) is 0.371. The number of hydrogen-bond donors (Lipinski definition) is 2. The van der Waals surface area contributed by atoms with Crippen molar-refractivity contribution < 1.29 is 9.72 Å². The second-order valence-corrected chi connectivity index (χ2v) is 5.23. The average molecular weight is 295 g/mol. The van der Waals surface area contributed by atoms with Crippen molar-refractivity contribution >= 4 is 17.4 Å². The summed E-state index contributed by atoms with van der Waals surface area (Å²) >= 11 is 0. The summed E-state index contributed by atoms with van der Waals surface area (Å²) in [5.74, 6) is 0.469. The van der Waals surface area contributed by atoms with E-state index in [1.165, 1.54) is 0 Å². The fourth-order valence-corrected chi connectivity index (χ4v) is 2.18. The van der Waals surface area contributed by atoms with Crippen LogP contribution in [0.25, 0.3) is 0 Å². The van der Waals surface area contributed by atoms with E-state index in [0.29, 0.717) is 43.5 Å². The first-order chi connectivity index (χ1) is 10.0. The molecule has 0 unspecified atom stereocenters. The van der Waals surface area contributed by atoms with Crippen LogP contribution in [0.2, 0.25) is 0 Å². The minimum atomic E-state index is -0.420. The molecule has 1 aliphatic carbocycles. The smallest absolute Gasteiger partial charge is 0.333 e. The monoisotopic (exact) mass is 295 g/mol. The van der Waals surface area contributed by atoms with Crippen molar-refractivity contribution in [2.24, 2.45) is 0 Å². The van der Waals surface area contributed by atoms with Gasteiger partial charge >= 0.3 is 5.69 Å². The molecule has 0 saturated heterocycles. The van der Waals surface area contributed by atoms with Crippen molar-refractivity contribution in [1.82, 2.24) is 15.1 Å². The molecule has 0 bridgehead atoms. The van der Waals surface area contributed by atoms with Gasteiger partial charge in [0.25, 0.3) is 0 Å². The Morgan fingerprint density at radius 3 is 2.81 bits per heavy atom. The molecule has 0 spiro atoms. The molecule has 8 heteroatoms. The maximum absolute atomic E-state index is 11.5. The van der Waals surface area contributed by atoms with E-state index in [-0.39, 0.29) is 11.6 Å². The van der Waals surface area contributed by atoms with Crippen molar-refractivity contribution in [2.75, 3.05) is 11.9 Å². The van der Waals surface area contributed by atoms with Crippen LogP contribution < -0.4 is 10.6 Å². The minimum Gasteiger partial charge on any atom is -0.365 e. The van der Waals surface area contributed by atoms with Gasteiger partial charge in [0.1, 0.15) is 5.69 Å². The Bertz CT molecular complexity index is 536. The van der Waals surface area contributed by atoms with Gasteiger partial charge in [-0.2, -0.15) is 5.10 Å². The van der Waals surface area contributed by atoms with E-state index in [4.69, 9.17) is 0 Å². The molecule has 0 aliphatic heterocycles. The molecular formula is C13H21N5O3. The van der Waals surface area contributed by atoms with Crippen LogP contribution in [0, 0.1) is 17.0 Å². The molecule has 116 valence electrons. The second kappa shape index (κ2) is 6.55. The van der Waals surface area contributed by atoms with Crippen LogP contribution in [-0.4, -0.2) is 33.2 Å². The first-order valence-corrected chi connectivity index (χ1v) is 7.28. The van der Waals surface area contributed by atoms with Gasteiger partial charge in [-0.3, -0.25) is 14.9 Å². The summed E-state index contributed by atoms with van der Waals surface area (Å²) in [4.78, 5) is 22.2. The first kappa shape index (κ1) is 15.3. The Morgan fingerprint density at radius 2 is 2.24 bits per heavy atom. The Balaban J connectivity index is 1.86. The number of carbonyl (C=O) groups is 1. The van der Waals surface area contributed by atoms with Crippen LogP contribution in [-0.2, 0) is 11.3 Å². The molecule has 1 aliphatic rings. The Hall–Kier alpha value is -2.12. The van der Waals surface area contributed by atoms with E-state index in [1.807, 2.05) is 6.92 Å². The standard InChI is InChI=1S/C13H21N5O3/c1-3-17-13(12(18(20)21)9(2)16-17)14-8-4-5-11(19)15-10-6-7-10/h10,14H,3-8H2,1-2H3,(H,15,19). The lowest BCUT2D eigenvalue weighted by molar-refractivity contribution is -0.384. The summed E-state index contributed by atoms with van der Waals surface area (Å²) < 4.78 is 1.58. The molecule has 0 atom stereocenters. The van der Waals surface area contributed by atoms with E-state index in [9.17, 15) is 14.9 Å². The van der Waals surface area contributed by atoms with E-state index in [2.05, 4.69) is 15.7 Å². The normalized spacial score (nSPS) is 14.0. The van der Waals surface area contributed by atoms with E-state index in [1.54, 1.807) is 11.6 Å². The van der Waals surface area contributed by atoms with Gasteiger partial charge in [-0.05, 0) is 33.1 Å². The number of aromatic nitrogens is 2.